The molecule has 1 heterocycles. The van der Waals surface area contributed by atoms with E-state index in [9.17, 15) is 9.59 Å². The number of aliphatic carboxylic acids is 1. The molecule has 1 fully saturated rings. The zero-order valence-electron chi connectivity index (χ0n) is 11.1. The molecule has 0 bridgehead atoms. The summed E-state index contributed by atoms with van der Waals surface area (Å²) >= 11 is 6.03. The lowest BCUT2D eigenvalue weighted by molar-refractivity contribution is -0.137. The highest BCUT2D eigenvalue weighted by Gasteiger charge is 2.21. The normalized spacial score (nSPS) is 17.9. The Labute approximate surface area is 126 Å². The number of nitrogens with zero attached hydrogens (tertiary/aromatic N) is 1. The van der Waals surface area contributed by atoms with E-state index in [4.69, 9.17) is 16.7 Å². The van der Waals surface area contributed by atoms with Crippen LogP contribution in [0.4, 0.5) is 0 Å². The Morgan fingerprint density at radius 3 is 2.81 bits per heavy atom. The molecular weight excluding hydrogens is 294 g/mol. The van der Waals surface area contributed by atoms with Crippen molar-refractivity contribution in [1.82, 2.24) is 10.6 Å². The Bertz CT molecular complexity index is 626. The van der Waals surface area contributed by atoms with Crippen LogP contribution in [0.3, 0.4) is 0 Å². The second-order valence-corrected chi connectivity index (χ2v) is 4.79. The third-order valence-electron chi connectivity index (χ3n) is 2.75. The first-order chi connectivity index (χ1) is 10.1. The third-order valence-corrected chi connectivity index (χ3v) is 3.10. The van der Waals surface area contributed by atoms with Gasteiger partial charge < -0.3 is 10.4 Å². The van der Waals surface area contributed by atoms with Gasteiger partial charge in [-0.1, -0.05) is 29.8 Å². The topological polar surface area (TPSA) is 90.8 Å². The molecular formula is C14H14ClN3O3. The van der Waals surface area contributed by atoms with Gasteiger partial charge in [-0.2, -0.15) is 0 Å². The van der Waals surface area contributed by atoms with E-state index in [1.807, 2.05) is 12.1 Å². The molecule has 1 saturated heterocycles. The first-order valence-electron chi connectivity index (χ1n) is 6.37. The van der Waals surface area contributed by atoms with Gasteiger partial charge >= 0.3 is 5.97 Å². The average Bonchev–Trinajstić information content (AvgIpc) is 2.78. The monoisotopic (exact) mass is 307 g/mol. The summed E-state index contributed by atoms with van der Waals surface area (Å²) in [7, 11) is 0. The number of carbonyl (C=O) groups is 2. The van der Waals surface area contributed by atoms with Gasteiger partial charge in [-0.25, -0.2) is 0 Å². The summed E-state index contributed by atoms with van der Waals surface area (Å²) in [6.45, 7) is 0.328. The van der Waals surface area contributed by atoms with Crippen LogP contribution in [-0.4, -0.2) is 29.5 Å². The summed E-state index contributed by atoms with van der Waals surface area (Å²) in [5, 5.41) is 14.5. The summed E-state index contributed by atoms with van der Waals surface area (Å²) in [6, 6.07) is 7.17. The molecule has 3 N–H and O–H groups in total. The van der Waals surface area contributed by atoms with Gasteiger partial charge in [0.05, 0.1) is 0 Å². The highest BCUT2D eigenvalue weighted by molar-refractivity contribution is 6.32. The summed E-state index contributed by atoms with van der Waals surface area (Å²) in [4.78, 5) is 26.3. The zero-order valence-corrected chi connectivity index (χ0v) is 11.9. The van der Waals surface area contributed by atoms with Crippen molar-refractivity contribution >= 4 is 35.5 Å². The number of carboxylic acid groups (broad SMARTS) is 1. The number of benzene rings is 1. The fourth-order valence-electron chi connectivity index (χ4n) is 1.74. The standard InChI is InChI=1S/C14H14ClN3O3/c15-10-5-2-1-4-9(10)8-11-13(21)18-14(17-11)16-7-3-6-12(19)20/h1-2,4-5,8H,3,6-7H2,(H,19,20)(H2,16,17,18,21)/b11-8+. The summed E-state index contributed by atoms with van der Waals surface area (Å²) < 4.78 is 0. The molecule has 0 saturated carbocycles. The minimum atomic E-state index is -0.863. The second-order valence-electron chi connectivity index (χ2n) is 4.39. The molecule has 1 aromatic carbocycles. The average molecular weight is 308 g/mol. The molecule has 0 radical (unpaired) electrons. The number of guanidine groups is 1. The number of amides is 1. The third kappa shape index (κ3) is 4.32. The summed E-state index contributed by atoms with van der Waals surface area (Å²) in [6.07, 6.45) is 2.10. The first-order valence-corrected chi connectivity index (χ1v) is 6.75. The predicted molar refractivity (Wildman–Crippen MR) is 79.9 cm³/mol. The van der Waals surface area contributed by atoms with E-state index in [0.29, 0.717) is 29.6 Å². The first kappa shape index (κ1) is 15.1. The lowest BCUT2D eigenvalue weighted by Crippen LogP contribution is -2.25. The minimum Gasteiger partial charge on any atom is -0.481 e. The molecule has 1 aliphatic rings. The summed E-state index contributed by atoms with van der Waals surface area (Å²) in [5.41, 5.74) is 1.07. The fourth-order valence-corrected chi connectivity index (χ4v) is 1.93. The molecule has 1 aliphatic heterocycles. The van der Waals surface area contributed by atoms with Gasteiger partial charge in [0, 0.05) is 18.0 Å². The number of aliphatic imine (C=N–C) groups is 1. The van der Waals surface area contributed by atoms with Crippen molar-refractivity contribution in [3.63, 3.8) is 0 Å². The predicted octanol–water partition coefficient (Wildman–Crippen LogP) is 1.62. The lowest BCUT2D eigenvalue weighted by atomic mass is 10.2. The van der Waals surface area contributed by atoms with Crippen LogP contribution in [-0.2, 0) is 9.59 Å². The van der Waals surface area contributed by atoms with E-state index in [0.717, 1.165) is 5.56 Å². The number of carboxylic acids is 1. The minimum absolute atomic E-state index is 0.0487. The highest BCUT2D eigenvalue weighted by Crippen LogP contribution is 2.18. The summed E-state index contributed by atoms with van der Waals surface area (Å²) in [5.74, 6) is -0.839. The Balaban J connectivity index is 2.01. The zero-order chi connectivity index (χ0) is 15.2. The fraction of sp³-hybridized carbons (Fsp3) is 0.214. The van der Waals surface area contributed by atoms with Gasteiger partial charge in [0.25, 0.3) is 5.91 Å². The number of carbonyl (C=O) groups excluding carboxylic acids is 1. The van der Waals surface area contributed by atoms with Gasteiger partial charge in [0.2, 0.25) is 5.96 Å². The van der Waals surface area contributed by atoms with Crippen molar-refractivity contribution in [3.8, 4) is 0 Å². The van der Waals surface area contributed by atoms with Gasteiger partial charge in [-0.15, -0.1) is 0 Å². The molecule has 2 rings (SSSR count). The van der Waals surface area contributed by atoms with Crippen molar-refractivity contribution in [2.45, 2.75) is 12.8 Å². The van der Waals surface area contributed by atoms with E-state index < -0.39 is 5.97 Å². The number of hydrogen-bond acceptors (Lipinski definition) is 3. The van der Waals surface area contributed by atoms with Gasteiger partial charge in [0.15, 0.2) is 0 Å². The quantitative estimate of drug-likeness (QED) is 0.569. The Hall–Kier alpha value is -2.34. The molecule has 21 heavy (non-hydrogen) atoms. The van der Waals surface area contributed by atoms with E-state index >= 15 is 0 Å². The maximum absolute atomic E-state index is 11.8. The Kier molecular flexibility index (Phi) is 4.94. The Morgan fingerprint density at radius 1 is 1.33 bits per heavy atom. The molecule has 1 amide bonds. The van der Waals surface area contributed by atoms with Crippen molar-refractivity contribution in [2.24, 2.45) is 4.99 Å². The van der Waals surface area contributed by atoms with Crippen LogP contribution in [0.1, 0.15) is 18.4 Å². The van der Waals surface area contributed by atoms with Gasteiger partial charge in [-0.05, 0) is 24.1 Å². The SMILES string of the molecule is O=C(O)CCCN=C1NC(=O)/C(=C\c2ccccc2Cl)N1. The van der Waals surface area contributed by atoms with Crippen molar-refractivity contribution in [1.29, 1.82) is 0 Å². The van der Waals surface area contributed by atoms with Crippen LogP contribution in [0.2, 0.25) is 5.02 Å². The number of halogens is 1. The van der Waals surface area contributed by atoms with E-state index in [1.54, 1.807) is 18.2 Å². The van der Waals surface area contributed by atoms with Crippen LogP contribution < -0.4 is 10.6 Å². The van der Waals surface area contributed by atoms with Crippen LogP contribution >= 0.6 is 11.6 Å². The largest absolute Gasteiger partial charge is 0.481 e. The van der Waals surface area contributed by atoms with E-state index in [1.165, 1.54) is 0 Å². The maximum Gasteiger partial charge on any atom is 0.303 e. The van der Waals surface area contributed by atoms with E-state index in [2.05, 4.69) is 15.6 Å². The number of hydrogen-bond donors (Lipinski definition) is 3. The molecule has 0 atom stereocenters. The smallest absolute Gasteiger partial charge is 0.303 e. The molecule has 7 heteroatoms. The molecule has 1 aromatic rings. The van der Waals surface area contributed by atoms with Gasteiger partial charge in [-0.3, -0.25) is 19.9 Å². The van der Waals surface area contributed by atoms with Crippen molar-refractivity contribution in [2.75, 3.05) is 6.54 Å². The second kappa shape index (κ2) is 6.90. The van der Waals surface area contributed by atoms with Crippen molar-refractivity contribution in [3.05, 3.63) is 40.5 Å². The Morgan fingerprint density at radius 2 is 2.10 bits per heavy atom. The van der Waals surface area contributed by atoms with E-state index in [-0.39, 0.29) is 12.3 Å². The highest BCUT2D eigenvalue weighted by atomic mass is 35.5. The molecule has 0 unspecified atom stereocenters. The molecule has 6 nitrogen and oxygen atoms in total. The van der Waals surface area contributed by atoms with Gasteiger partial charge in [0.1, 0.15) is 5.70 Å². The molecule has 0 aromatic heterocycles. The van der Waals surface area contributed by atoms with Crippen LogP contribution in [0, 0.1) is 0 Å². The molecule has 110 valence electrons. The number of rotatable bonds is 5. The maximum atomic E-state index is 11.8. The van der Waals surface area contributed by atoms with Crippen LogP contribution in [0.5, 0.6) is 0 Å². The molecule has 0 aliphatic carbocycles. The van der Waals surface area contributed by atoms with Crippen molar-refractivity contribution < 1.29 is 14.7 Å². The number of nitrogens with one attached hydrogen (secondary N) is 2. The molecule has 0 spiro atoms. The van der Waals surface area contributed by atoms with Crippen LogP contribution in [0.15, 0.2) is 35.0 Å². The lowest BCUT2D eigenvalue weighted by Gasteiger charge is -1.99. The van der Waals surface area contributed by atoms with Crippen LogP contribution in [0.25, 0.3) is 6.08 Å².